The molecule has 1 unspecified atom stereocenters. The summed E-state index contributed by atoms with van der Waals surface area (Å²) < 4.78 is 25.2. The smallest absolute Gasteiger partial charge is 0.309 e. The molecule has 0 bridgehead atoms. The van der Waals surface area contributed by atoms with E-state index in [4.69, 9.17) is 9.15 Å². The van der Waals surface area contributed by atoms with E-state index in [0.717, 1.165) is 4.57 Å². The van der Waals surface area contributed by atoms with Crippen LogP contribution in [0, 0.1) is 18.7 Å². The van der Waals surface area contributed by atoms with Crippen LogP contribution in [-0.4, -0.2) is 82.4 Å². The van der Waals surface area contributed by atoms with Gasteiger partial charge in [0.05, 0.1) is 17.6 Å². The van der Waals surface area contributed by atoms with Crippen molar-refractivity contribution in [2.75, 3.05) is 0 Å². The van der Waals surface area contributed by atoms with Crippen LogP contribution in [0.25, 0.3) is 0 Å². The molecule has 1 saturated carbocycles. The molecular formula is C27H31FN6O10. The zero-order chi connectivity index (χ0) is 32.5. The van der Waals surface area contributed by atoms with Gasteiger partial charge in [0, 0.05) is 26.9 Å². The van der Waals surface area contributed by atoms with E-state index < -0.39 is 82.9 Å². The van der Waals surface area contributed by atoms with Crippen molar-refractivity contribution in [1.82, 2.24) is 30.4 Å². The number of aliphatic hydroxyl groups excluding tert-OH is 3. The summed E-state index contributed by atoms with van der Waals surface area (Å²) in [5.41, 5.74) is -2.51. The van der Waals surface area contributed by atoms with Crippen molar-refractivity contribution >= 4 is 17.8 Å². The summed E-state index contributed by atoms with van der Waals surface area (Å²) >= 11 is 0. The van der Waals surface area contributed by atoms with Crippen LogP contribution < -0.4 is 20.9 Å². The molecule has 44 heavy (non-hydrogen) atoms. The van der Waals surface area contributed by atoms with Crippen LogP contribution in [0.15, 0.2) is 33.5 Å². The number of carboxylic acids is 1. The Morgan fingerprint density at radius 3 is 2.34 bits per heavy atom. The van der Waals surface area contributed by atoms with Gasteiger partial charge >= 0.3 is 17.8 Å². The zero-order valence-corrected chi connectivity index (χ0v) is 24.0. The first-order valence-corrected chi connectivity index (χ1v) is 13.3. The number of nitrogens with one attached hydrogen (secondary N) is 2. The van der Waals surface area contributed by atoms with E-state index in [-0.39, 0.29) is 24.2 Å². The number of carbonyl (C=O) groups excluding carboxylic acids is 2. The number of benzene rings is 1. The lowest BCUT2D eigenvalue weighted by Crippen LogP contribution is -2.57. The molecular weight excluding hydrogens is 587 g/mol. The highest BCUT2D eigenvalue weighted by Gasteiger charge is 2.47. The maximum Gasteiger partial charge on any atom is 0.309 e. The summed E-state index contributed by atoms with van der Waals surface area (Å²) in [4.78, 5) is 55.9. The predicted octanol–water partition coefficient (Wildman–Crippen LogP) is -0.859. The average Bonchev–Trinajstić information content (AvgIpc) is 3.41. The number of ether oxygens (including phenoxy) is 1. The molecule has 0 radical (unpaired) electrons. The van der Waals surface area contributed by atoms with Gasteiger partial charge in [0.2, 0.25) is 11.6 Å². The fourth-order valence-electron chi connectivity index (χ4n) is 4.76. The van der Waals surface area contributed by atoms with Gasteiger partial charge in [-0.3, -0.25) is 23.7 Å². The molecule has 0 aliphatic heterocycles. The summed E-state index contributed by atoms with van der Waals surface area (Å²) in [6.07, 6.45) is -7.68. The summed E-state index contributed by atoms with van der Waals surface area (Å²) in [7, 11) is 1.28. The molecule has 3 aromatic rings. The quantitative estimate of drug-likeness (QED) is 0.171. The molecule has 1 aliphatic rings. The van der Waals surface area contributed by atoms with Crippen LogP contribution in [0.2, 0.25) is 0 Å². The van der Waals surface area contributed by atoms with Crippen LogP contribution in [-0.2, 0) is 23.9 Å². The number of halogens is 1. The normalized spacial score (nSPS) is 21.9. The van der Waals surface area contributed by atoms with Gasteiger partial charge in [-0.25, -0.2) is 9.37 Å². The van der Waals surface area contributed by atoms with E-state index in [1.165, 1.54) is 52.1 Å². The van der Waals surface area contributed by atoms with Gasteiger partial charge in [0.1, 0.15) is 30.0 Å². The van der Waals surface area contributed by atoms with Gasteiger partial charge in [-0.15, -0.1) is 10.2 Å². The van der Waals surface area contributed by atoms with Crippen LogP contribution in [0.1, 0.15) is 58.7 Å². The van der Waals surface area contributed by atoms with Gasteiger partial charge in [0.15, 0.2) is 5.69 Å². The molecule has 6 N–H and O–H groups in total. The van der Waals surface area contributed by atoms with Gasteiger partial charge in [-0.1, -0.05) is 12.1 Å². The third-order valence-corrected chi connectivity index (χ3v) is 7.10. The number of carboxylic acid groups (broad SMARTS) is 1. The van der Waals surface area contributed by atoms with Crippen molar-refractivity contribution in [3.05, 3.63) is 69.3 Å². The highest BCUT2D eigenvalue weighted by atomic mass is 19.1. The Morgan fingerprint density at radius 1 is 1.09 bits per heavy atom. The molecule has 1 fully saturated rings. The van der Waals surface area contributed by atoms with E-state index in [2.05, 4.69) is 25.8 Å². The van der Waals surface area contributed by atoms with E-state index in [0.29, 0.717) is 5.56 Å². The fourth-order valence-corrected chi connectivity index (χ4v) is 4.76. The minimum Gasteiger partial charge on any atom is -0.481 e. The molecule has 5 atom stereocenters. The maximum atomic E-state index is 13.7. The van der Waals surface area contributed by atoms with Gasteiger partial charge in [-0.2, -0.15) is 0 Å². The van der Waals surface area contributed by atoms with E-state index in [1.807, 2.05) is 0 Å². The third kappa shape index (κ3) is 6.58. The van der Waals surface area contributed by atoms with E-state index in [1.54, 1.807) is 0 Å². The van der Waals surface area contributed by atoms with Crippen LogP contribution in [0.5, 0.6) is 5.75 Å². The zero-order valence-electron chi connectivity index (χ0n) is 24.0. The van der Waals surface area contributed by atoms with Gasteiger partial charge in [-0.05, 0) is 31.5 Å². The first kappa shape index (κ1) is 32.2. The van der Waals surface area contributed by atoms with Crippen LogP contribution in [0.4, 0.5) is 4.39 Å². The summed E-state index contributed by atoms with van der Waals surface area (Å²) in [5.74, 6) is -6.34. The molecule has 2 amide bonds. The van der Waals surface area contributed by atoms with Crippen molar-refractivity contribution in [3.63, 3.8) is 0 Å². The molecule has 2 aromatic heterocycles. The van der Waals surface area contributed by atoms with E-state index >= 15 is 0 Å². The van der Waals surface area contributed by atoms with Crippen molar-refractivity contribution < 1.29 is 48.4 Å². The Balaban J connectivity index is 1.74. The van der Waals surface area contributed by atoms with Crippen LogP contribution in [0.3, 0.4) is 0 Å². The number of rotatable bonds is 9. The lowest BCUT2D eigenvalue weighted by Gasteiger charge is -2.38. The van der Waals surface area contributed by atoms with Crippen LogP contribution >= 0.6 is 0 Å². The maximum absolute atomic E-state index is 13.7. The molecule has 236 valence electrons. The molecule has 4 rings (SSSR count). The number of hydrogen-bond donors (Lipinski definition) is 6. The summed E-state index contributed by atoms with van der Waals surface area (Å²) in [6.45, 7) is 4.32. The molecule has 1 aliphatic carbocycles. The molecule has 0 spiro atoms. The molecule has 0 saturated heterocycles. The SMILES string of the molecule is Cc1nnc(C(=O)NC(C)(C)c2nc(C(=O)NCc3ccc(F)cc3)c(OC3C[C@H](C(=O)O)[C@@H](O)[C@H](O)[C@H]3O)c(=O)n2C)o1. The standard InChI is InChI=1S/C27H31FN6O10/c1-11-32-33-23(43-11)22(39)31-27(2,3)26-30-16(21(38)29-10-12-5-7-13(28)8-6-12)20(24(40)34(26)4)44-15-9-14(25(41)42)17(35)19(37)18(15)36/h5-8,14-15,17-19,35-37H,9-10H2,1-4H3,(H,29,38)(H,31,39)(H,41,42)/t14-,15?,17+,18-,19-/m0/s1. The topological polar surface area (TPSA) is 239 Å². The summed E-state index contributed by atoms with van der Waals surface area (Å²) in [6, 6.07) is 5.21. The second-order valence-electron chi connectivity index (χ2n) is 10.8. The Morgan fingerprint density at radius 2 is 1.75 bits per heavy atom. The molecule has 1 aromatic carbocycles. The van der Waals surface area contributed by atoms with Crippen molar-refractivity contribution in [2.45, 2.75) is 63.7 Å². The molecule has 16 nitrogen and oxygen atoms in total. The second kappa shape index (κ2) is 12.5. The summed E-state index contributed by atoms with van der Waals surface area (Å²) in [5, 5.41) is 52.9. The van der Waals surface area contributed by atoms with Crippen molar-refractivity contribution in [2.24, 2.45) is 13.0 Å². The van der Waals surface area contributed by atoms with Crippen molar-refractivity contribution in [1.29, 1.82) is 0 Å². The average molecular weight is 619 g/mol. The van der Waals surface area contributed by atoms with E-state index in [9.17, 15) is 44.0 Å². The number of carbonyl (C=O) groups is 3. The predicted molar refractivity (Wildman–Crippen MR) is 145 cm³/mol. The highest BCUT2D eigenvalue weighted by molar-refractivity contribution is 5.95. The third-order valence-electron chi connectivity index (χ3n) is 7.10. The number of aliphatic carboxylic acids is 1. The number of aryl methyl sites for hydroxylation is 1. The minimum atomic E-state index is -1.94. The monoisotopic (exact) mass is 618 g/mol. The lowest BCUT2D eigenvalue weighted by atomic mass is 9.81. The molecule has 2 heterocycles. The second-order valence-corrected chi connectivity index (χ2v) is 10.8. The van der Waals surface area contributed by atoms with Crippen molar-refractivity contribution in [3.8, 4) is 5.75 Å². The number of aromatic nitrogens is 4. The first-order chi connectivity index (χ1) is 20.6. The lowest BCUT2D eigenvalue weighted by molar-refractivity contribution is -0.174. The molecule has 17 heteroatoms. The Bertz CT molecular complexity index is 1620. The number of nitrogens with zero attached hydrogens (tertiary/aromatic N) is 4. The number of aliphatic hydroxyl groups is 3. The Labute approximate surface area is 248 Å². The number of hydrogen-bond acceptors (Lipinski definition) is 12. The van der Waals surface area contributed by atoms with Gasteiger partial charge in [0.25, 0.3) is 11.5 Å². The Kier molecular flexibility index (Phi) is 9.12. The number of amides is 2. The largest absolute Gasteiger partial charge is 0.481 e. The minimum absolute atomic E-state index is 0.126. The van der Waals surface area contributed by atoms with Gasteiger partial charge < -0.3 is 40.2 Å². The highest BCUT2D eigenvalue weighted by Crippen LogP contribution is 2.30. The fraction of sp³-hybridized carbons (Fsp3) is 0.444. The Hall–Kier alpha value is -4.74. The first-order valence-electron chi connectivity index (χ1n) is 13.3.